The van der Waals surface area contributed by atoms with Crippen LogP contribution in [-0.4, -0.2) is 19.4 Å². The van der Waals surface area contributed by atoms with E-state index in [0.717, 1.165) is 12.2 Å². The van der Waals surface area contributed by atoms with Crippen molar-refractivity contribution < 1.29 is 9.18 Å². The quantitative estimate of drug-likeness (QED) is 0.759. The first-order valence-corrected chi connectivity index (χ1v) is 6.59. The summed E-state index contributed by atoms with van der Waals surface area (Å²) >= 11 is 0. The number of benzene rings is 1. The van der Waals surface area contributed by atoms with Crippen LogP contribution in [0.15, 0.2) is 18.2 Å². The van der Waals surface area contributed by atoms with Gasteiger partial charge in [0.25, 0.3) is 0 Å². The highest BCUT2D eigenvalue weighted by atomic mass is 19.1. The van der Waals surface area contributed by atoms with Crippen molar-refractivity contribution in [3.05, 3.63) is 29.6 Å². The summed E-state index contributed by atoms with van der Waals surface area (Å²) in [6.07, 6.45) is 5.14. The predicted molar refractivity (Wildman–Crippen MR) is 71.6 cm³/mol. The number of carbonyl (C=O) groups is 1. The number of halogens is 1. The van der Waals surface area contributed by atoms with Crippen LogP contribution >= 0.6 is 0 Å². The topological polar surface area (TPSA) is 20.3 Å². The maximum atomic E-state index is 13.2. The number of hydrogen-bond acceptors (Lipinski definition) is 2. The van der Waals surface area contributed by atoms with Crippen molar-refractivity contribution in [2.24, 2.45) is 5.92 Å². The minimum absolute atomic E-state index is 0.0808. The molecule has 3 heteroatoms. The van der Waals surface area contributed by atoms with Crippen molar-refractivity contribution in [2.75, 3.05) is 18.5 Å². The third-order valence-corrected chi connectivity index (χ3v) is 3.76. The highest BCUT2D eigenvalue weighted by molar-refractivity contribution is 5.99. The van der Waals surface area contributed by atoms with Gasteiger partial charge in [-0.15, -0.1) is 0 Å². The molecule has 0 spiro atoms. The van der Waals surface area contributed by atoms with Crippen molar-refractivity contribution in [1.82, 2.24) is 0 Å². The fourth-order valence-electron chi connectivity index (χ4n) is 2.80. The maximum absolute atomic E-state index is 13.2. The van der Waals surface area contributed by atoms with Crippen LogP contribution in [0.25, 0.3) is 0 Å². The van der Waals surface area contributed by atoms with Gasteiger partial charge in [-0.25, -0.2) is 4.39 Å². The Morgan fingerprint density at radius 2 is 2.06 bits per heavy atom. The minimum Gasteiger partial charge on any atom is -0.374 e. The Morgan fingerprint density at radius 1 is 1.39 bits per heavy atom. The molecule has 0 amide bonds. The lowest BCUT2D eigenvalue weighted by atomic mass is 10.0. The van der Waals surface area contributed by atoms with E-state index in [4.69, 9.17) is 0 Å². The largest absolute Gasteiger partial charge is 0.374 e. The maximum Gasteiger partial charge on any atom is 0.161 e. The zero-order valence-corrected chi connectivity index (χ0v) is 11.1. The molecule has 98 valence electrons. The van der Waals surface area contributed by atoms with Crippen molar-refractivity contribution in [2.45, 2.75) is 32.6 Å². The Bertz CT molecular complexity index is 438. The first kappa shape index (κ1) is 13.1. The lowest BCUT2D eigenvalue weighted by molar-refractivity contribution is 0.101. The second-order valence-corrected chi connectivity index (χ2v) is 5.25. The SMILES string of the molecule is CC(=O)c1cc(F)ccc1N(C)CC1CCCC1. The Hall–Kier alpha value is -1.38. The summed E-state index contributed by atoms with van der Waals surface area (Å²) in [7, 11) is 1.98. The van der Waals surface area contributed by atoms with E-state index in [2.05, 4.69) is 4.90 Å². The number of carbonyl (C=O) groups excluding carboxylic acids is 1. The summed E-state index contributed by atoms with van der Waals surface area (Å²) in [5.41, 5.74) is 1.33. The van der Waals surface area contributed by atoms with Gasteiger partial charge in [0.2, 0.25) is 0 Å². The molecule has 0 heterocycles. The highest BCUT2D eigenvalue weighted by Crippen LogP contribution is 2.28. The van der Waals surface area contributed by atoms with E-state index in [1.165, 1.54) is 44.7 Å². The fourth-order valence-corrected chi connectivity index (χ4v) is 2.80. The standard InChI is InChI=1S/C15H20FNO/c1-11(18)14-9-13(16)7-8-15(14)17(2)10-12-5-3-4-6-12/h7-9,12H,3-6,10H2,1-2H3. The molecule has 1 aliphatic carbocycles. The number of anilines is 1. The highest BCUT2D eigenvalue weighted by Gasteiger charge is 2.19. The Kier molecular flexibility index (Phi) is 4.00. The normalized spacial score (nSPS) is 15.9. The van der Waals surface area contributed by atoms with Gasteiger partial charge in [-0.1, -0.05) is 12.8 Å². The Morgan fingerprint density at radius 3 is 2.67 bits per heavy atom. The average molecular weight is 249 g/mol. The Balaban J connectivity index is 2.17. The zero-order valence-electron chi connectivity index (χ0n) is 11.1. The van der Waals surface area contributed by atoms with Crippen LogP contribution in [-0.2, 0) is 0 Å². The molecule has 0 radical (unpaired) electrons. The van der Waals surface area contributed by atoms with Gasteiger partial charge in [-0.05, 0) is 43.9 Å². The molecule has 0 saturated heterocycles. The molecular weight excluding hydrogens is 229 g/mol. The number of ketones is 1. The summed E-state index contributed by atoms with van der Waals surface area (Å²) in [5, 5.41) is 0. The lowest BCUT2D eigenvalue weighted by Gasteiger charge is -2.25. The smallest absolute Gasteiger partial charge is 0.161 e. The molecule has 18 heavy (non-hydrogen) atoms. The van der Waals surface area contributed by atoms with E-state index in [9.17, 15) is 9.18 Å². The number of hydrogen-bond donors (Lipinski definition) is 0. The third kappa shape index (κ3) is 2.89. The minimum atomic E-state index is -0.349. The summed E-state index contributed by atoms with van der Waals surface area (Å²) in [4.78, 5) is 13.7. The van der Waals surface area contributed by atoms with Crippen LogP contribution < -0.4 is 4.90 Å². The predicted octanol–water partition coefficient (Wildman–Crippen LogP) is 3.65. The molecule has 0 bridgehead atoms. The molecule has 0 aliphatic heterocycles. The fraction of sp³-hybridized carbons (Fsp3) is 0.533. The first-order valence-electron chi connectivity index (χ1n) is 6.59. The molecular formula is C15H20FNO. The van der Waals surface area contributed by atoms with Gasteiger partial charge >= 0.3 is 0 Å². The number of Topliss-reactive ketones (excluding diaryl/α,β-unsaturated/α-hetero) is 1. The van der Waals surface area contributed by atoms with Gasteiger partial charge in [0.15, 0.2) is 5.78 Å². The van der Waals surface area contributed by atoms with Crippen LogP contribution in [0.1, 0.15) is 43.0 Å². The summed E-state index contributed by atoms with van der Waals surface area (Å²) in [6, 6.07) is 4.47. The number of rotatable bonds is 4. The van der Waals surface area contributed by atoms with E-state index in [1.807, 2.05) is 7.05 Å². The van der Waals surface area contributed by atoms with Crippen LogP contribution in [0.5, 0.6) is 0 Å². The molecule has 0 aromatic heterocycles. The molecule has 1 fully saturated rings. The van der Waals surface area contributed by atoms with Gasteiger partial charge < -0.3 is 4.90 Å². The van der Waals surface area contributed by atoms with Gasteiger partial charge in [-0.2, -0.15) is 0 Å². The van der Waals surface area contributed by atoms with E-state index in [0.29, 0.717) is 11.5 Å². The van der Waals surface area contributed by atoms with Crippen LogP contribution in [0.4, 0.5) is 10.1 Å². The van der Waals surface area contributed by atoms with E-state index >= 15 is 0 Å². The molecule has 0 N–H and O–H groups in total. The second kappa shape index (κ2) is 5.51. The second-order valence-electron chi connectivity index (χ2n) is 5.25. The Labute approximate surface area is 108 Å². The van der Waals surface area contributed by atoms with Crippen LogP contribution in [0, 0.1) is 11.7 Å². The molecule has 1 aromatic rings. The molecule has 2 nitrogen and oxygen atoms in total. The van der Waals surface area contributed by atoms with Crippen LogP contribution in [0.3, 0.4) is 0 Å². The van der Waals surface area contributed by atoms with Gasteiger partial charge in [0.05, 0.1) is 0 Å². The van der Waals surface area contributed by atoms with Gasteiger partial charge in [-0.3, -0.25) is 4.79 Å². The molecule has 0 unspecified atom stereocenters. The monoisotopic (exact) mass is 249 g/mol. The van der Waals surface area contributed by atoms with Crippen molar-refractivity contribution >= 4 is 11.5 Å². The molecule has 0 atom stereocenters. The molecule has 2 rings (SSSR count). The van der Waals surface area contributed by atoms with Gasteiger partial charge in [0.1, 0.15) is 5.82 Å². The molecule has 1 aromatic carbocycles. The van der Waals surface area contributed by atoms with E-state index in [1.54, 1.807) is 6.07 Å². The first-order chi connectivity index (χ1) is 8.58. The summed E-state index contributed by atoms with van der Waals surface area (Å²) < 4.78 is 13.2. The van der Waals surface area contributed by atoms with E-state index < -0.39 is 0 Å². The number of nitrogens with zero attached hydrogens (tertiary/aromatic N) is 1. The van der Waals surface area contributed by atoms with Crippen molar-refractivity contribution in [1.29, 1.82) is 0 Å². The van der Waals surface area contributed by atoms with Gasteiger partial charge in [0, 0.05) is 24.8 Å². The summed E-state index contributed by atoms with van der Waals surface area (Å²) in [6.45, 7) is 2.44. The van der Waals surface area contributed by atoms with E-state index in [-0.39, 0.29) is 11.6 Å². The molecule has 1 aliphatic rings. The summed E-state index contributed by atoms with van der Waals surface area (Å²) in [5.74, 6) is 0.279. The zero-order chi connectivity index (χ0) is 13.1. The third-order valence-electron chi connectivity index (χ3n) is 3.76. The van der Waals surface area contributed by atoms with Crippen molar-refractivity contribution in [3.63, 3.8) is 0 Å². The average Bonchev–Trinajstić information content (AvgIpc) is 2.81. The van der Waals surface area contributed by atoms with Crippen molar-refractivity contribution in [3.8, 4) is 0 Å². The van der Waals surface area contributed by atoms with Crippen LogP contribution in [0.2, 0.25) is 0 Å². The lowest BCUT2D eigenvalue weighted by Crippen LogP contribution is -2.25. The molecule has 1 saturated carbocycles.